The van der Waals surface area contributed by atoms with Crippen molar-refractivity contribution >= 4 is 21.4 Å². The van der Waals surface area contributed by atoms with Crippen molar-refractivity contribution in [3.63, 3.8) is 0 Å². The third kappa shape index (κ3) is 4.39. The number of aryl methyl sites for hydroxylation is 1. The number of thiophene rings is 1. The van der Waals surface area contributed by atoms with Crippen molar-refractivity contribution in [1.82, 2.24) is 14.8 Å². The molecule has 0 aliphatic carbocycles. The fraction of sp³-hybridized carbons (Fsp3) is 0.423. The van der Waals surface area contributed by atoms with Crippen molar-refractivity contribution < 1.29 is 9.47 Å². The van der Waals surface area contributed by atoms with Gasteiger partial charge in [0, 0.05) is 59.6 Å². The Morgan fingerprint density at radius 2 is 2.00 bits per heavy atom. The summed E-state index contributed by atoms with van der Waals surface area (Å²) in [5, 5.41) is 4.02. The number of methoxy groups -OCH3 is 2. The number of hydrogen-bond acceptors (Lipinski definition) is 6. The van der Waals surface area contributed by atoms with Crippen LogP contribution in [-0.2, 0) is 13.6 Å². The molecule has 3 aromatic rings. The molecular formula is C26H33N3O3S. The first-order valence-electron chi connectivity index (χ1n) is 11.2. The number of ether oxygens (including phenoxy) is 2. The van der Waals surface area contributed by atoms with Crippen LogP contribution in [0.3, 0.4) is 0 Å². The highest BCUT2D eigenvalue weighted by molar-refractivity contribution is 7.19. The van der Waals surface area contributed by atoms with E-state index in [4.69, 9.17) is 9.47 Å². The fourth-order valence-electron chi connectivity index (χ4n) is 4.84. The molecule has 0 spiro atoms. The maximum atomic E-state index is 13.0. The smallest absolute Gasteiger partial charge is 0.259 e. The topological polar surface area (TPSA) is 55.7 Å². The number of aromatic nitrogens is 1. The third-order valence-corrected chi connectivity index (χ3v) is 7.93. The van der Waals surface area contributed by atoms with E-state index in [1.54, 1.807) is 30.1 Å². The van der Waals surface area contributed by atoms with E-state index < -0.39 is 0 Å². The molecule has 0 bridgehead atoms. The van der Waals surface area contributed by atoms with Crippen LogP contribution >= 0.6 is 11.3 Å². The van der Waals surface area contributed by atoms with E-state index in [-0.39, 0.29) is 11.0 Å². The number of nitrogens with one attached hydrogen (secondary N) is 1. The molecule has 0 radical (unpaired) electrons. The molecule has 1 N–H and O–H groups in total. The van der Waals surface area contributed by atoms with Gasteiger partial charge in [-0.15, -0.1) is 11.3 Å². The zero-order chi connectivity index (χ0) is 23.8. The second kappa shape index (κ2) is 9.23. The van der Waals surface area contributed by atoms with E-state index in [1.165, 1.54) is 4.88 Å². The molecule has 0 saturated carbocycles. The highest BCUT2D eigenvalue weighted by atomic mass is 32.1. The van der Waals surface area contributed by atoms with E-state index >= 15 is 0 Å². The lowest BCUT2D eigenvalue weighted by Crippen LogP contribution is -2.44. The number of nitrogens with zero attached hydrogens (tertiary/aromatic N) is 2. The molecule has 2 aromatic heterocycles. The van der Waals surface area contributed by atoms with Gasteiger partial charge in [0.1, 0.15) is 0 Å². The van der Waals surface area contributed by atoms with Crippen molar-refractivity contribution in [1.29, 1.82) is 0 Å². The molecule has 1 aliphatic heterocycles. The number of piperidine rings is 1. The van der Waals surface area contributed by atoms with Crippen LogP contribution in [0.4, 0.5) is 0 Å². The monoisotopic (exact) mass is 467 g/mol. The van der Waals surface area contributed by atoms with E-state index in [0.29, 0.717) is 11.5 Å². The van der Waals surface area contributed by atoms with Crippen LogP contribution in [0.1, 0.15) is 24.6 Å². The summed E-state index contributed by atoms with van der Waals surface area (Å²) in [5.74, 6) is 1.36. The lowest BCUT2D eigenvalue weighted by atomic mass is 9.79. The molecule has 1 saturated heterocycles. The molecule has 1 aliphatic rings. The molecule has 1 atom stereocenters. The van der Waals surface area contributed by atoms with Gasteiger partial charge in [-0.2, -0.15) is 0 Å². The predicted octanol–water partition coefficient (Wildman–Crippen LogP) is 4.62. The van der Waals surface area contributed by atoms with Crippen LogP contribution in [-0.4, -0.2) is 43.8 Å². The molecule has 3 heterocycles. The Morgan fingerprint density at radius 1 is 1.24 bits per heavy atom. The molecular weight excluding hydrogens is 434 g/mol. The lowest BCUT2D eigenvalue weighted by molar-refractivity contribution is 0.120. The first-order chi connectivity index (χ1) is 15.8. The number of benzene rings is 1. The predicted molar refractivity (Wildman–Crippen MR) is 136 cm³/mol. The van der Waals surface area contributed by atoms with Crippen LogP contribution in [0.2, 0.25) is 0 Å². The second-order valence-electron chi connectivity index (χ2n) is 9.09. The Hall–Kier alpha value is -2.77. The van der Waals surface area contributed by atoms with Crippen molar-refractivity contribution in [3.05, 3.63) is 58.0 Å². The summed E-state index contributed by atoms with van der Waals surface area (Å²) in [5.41, 5.74) is 3.20. The molecule has 7 heteroatoms. The summed E-state index contributed by atoms with van der Waals surface area (Å²) in [6, 6.07) is 7.96. The molecule has 33 heavy (non-hydrogen) atoms. The maximum Gasteiger partial charge on any atom is 0.259 e. The largest absolute Gasteiger partial charge is 0.493 e. The van der Waals surface area contributed by atoms with Gasteiger partial charge >= 0.3 is 0 Å². The Morgan fingerprint density at radius 3 is 2.70 bits per heavy atom. The Kier molecular flexibility index (Phi) is 6.54. The second-order valence-corrected chi connectivity index (χ2v) is 10.2. The van der Waals surface area contributed by atoms with Gasteiger partial charge in [-0.25, -0.2) is 0 Å². The molecule has 1 aromatic carbocycles. The Labute approximate surface area is 199 Å². The number of rotatable bonds is 7. The normalized spacial score (nSPS) is 18.9. The number of likely N-dealkylation sites (tertiary alicyclic amines) is 1. The number of fused-ring (bicyclic) bond motifs is 1. The van der Waals surface area contributed by atoms with Crippen molar-refractivity contribution in [2.45, 2.75) is 26.3 Å². The van der Waals surface area contributed by atoms with Crippen LogP contribution in [0.5, 0.6) is 11.5 Å². The quantitative estimate of drug-likeness (QED) is 0.550. The van der Waals surface area contributed by atoms with Gasteiger partial charge in [-0.3, -0.25) is 9.69 Å². The SMILES string of the molecule is C=C(NC)C1(C)CCCN(Cc2cc3c(=O)n(C)cc(-c4ccc(OC)c(OC)c4)c3s2)C1. The van der Waals surface area contributed by atoms with E-state index in [1.807, 2.05) is 38.5 Å². The highest BCUT2D eigenvalue weighted by Crippen LogP contribution is 2.39. The summed E-state index contributed by atoms with van der Waals surface area (Å²) < 4.78 is 13.6. The molecule has 4 rings (SSSR count). The summed E-state index contributed by atoms with van der Waals surface area (Å²) >= 11 is 1.71. The average molecular weight is 468 g/mol. The molecule has 6 nitrogen and oxygen atoms in total. The number of pyridine rings is 1. The standard InChI is InChI=1S/C26H33N3O3S/c1-17(27-3)26(2)10-7-11-29(16-26)14-19-13-20-24(33-19)21(15-28(4)25(20)30)18-8-9-22(31-5)23(12-18)32-6/h8-9,12-13,15,27H,1,7,10-11,14,16H2,2-6H3. The summed E-state index contributed by atoms with van der Waals surface area (Å²) in [6.07, 6.45) is 4.20. The Balaban J connectivity index is 1.71. The Bertz CT molecular complexity index is 1250. The van der Waals surface area contributed by atoms with Gasteiger partial charge < -0.3 is 19.4 Å². The minimum atomic E-state index is 0.0313. The van der Waals surface area contributed by atoms with Crippen LogP contribution < -0.4 is 20.3 Å². The summed E-state index contributed by atoms with van der Waals surface area (Å²) in [7, 11) is 7.02. The summed E-state index contributed by atoms with van der Waals surface area (Å²) in [6.45, 7) is 9.38. The van der Waals surface area contributed by atoms with Crippen LogP contribution in [0.25, 0.3) is 21.2 Å². The van der Waals surface area contributed by atoms with Gasteiger partial charge in [-0.05, 0) is 43.1 Å². The first kappa shape index (κ1) is 23.4. The van der Waals surface area contributed by atoms with E-state index in [2.05, 4.69) is 29.8 Å². The molecule has 1 fully saturated rings. The minimum absolute atomic E-state index is 0.0313. The zero-order valence-electron chi connectivity index (χ0n) is 20.2. The highest BCUT2D eigenvalue weighted by Gasteiger charge is 2.33. The van der Waals surface area contributed by atoms with Crippen molar-refractivity contribution in [3.8, 4) is 22.6 Å². The molecule has 176 valence electrons. The third-order valence-electron chi connectivity index (χ3n) is 6.78. The van der Waals surface area contributed by atoms with E-state index in [0.717, 1.165) is 59.4 Å². The lowest BCUT2D eigenvalue weighted by Gasteiger charge is -2.41. The van der Waals surface area contributed by atoms with Gasteiger partial charge in [0.15, 0.2) is 11.5 Å². The molecule has 1 unspecified atom stereocenters. The van der Waals surface area contributed by atoms with Gasteiger partial charge in [0.25, 0.3) is 5.56 Å². The zero-order valence-corrected chi connectivity index (χ0v) is 21.0. The van der Waals surface area contributed by atoms with Gasteiger partial charge in [0.2, 0.25) is 0 Å². The number of hydrogen-bond donors (Lipinski definition) is 1. The van der Waals surface area contributed by atoms with Gasteiger partial charge in [0.05, 0.1) is 19.6 Å². The first-order valence-corrected chi connectivity index (χ1v) is 12.0. The van der Waals surface area contributed by atoms with Crippen LogP contribution in [0, 0.1) is 5.41 Å². The fourth-order valence-corrected chi connectivity index (χ4v) is 6.06. The van der Waals surface area contributed by atoms with Crippen molar-refractivity contribution in [2.75, 3.05) is 34.4 Å². The van der Waals surface area contributed by atoms with Gasteiger partial charge in [-0.1, -0.05) is 19.6 Å². The summed E-state index contributed by atoms with van der Waals surface area (Å²) in [4.78, 5) is 16.7. The van der Waals surface area contributed by atoms with E-state index in [9.17, 15) is 4.79 Å². The average Bonchev–Trinajstić information content (AvgIpc) is 3.24. The molecule has 0 amide bonds. The van der Waals surface area contributed by atoms with Crippen molar-refractivity contribution in [2.24, 2.45) is 12.5 Å². The minimum Gasteiger partial charge on any atom is -0.493 e. The maximum absolute atomic E-state index is 13.0. The van der Waals surface area contributed by atoms with Crippen LogP contribution in [0.15, 0.2) is 47.5 Å².